The van der Waals surface area contributed by atoms with E-state index >= 15 is 0 Å². The van der Waals surface area contributed by atoms with Crippen LogP contribution in [0.5, 0.6) is 0 Å². The molecule has 0 aromatic rings. The van der Waals surface area contributed by atoms with Gasteiger partial charge in [0.15, 0.2) is 0 Å². The number of carbonyl (C=O) groups excluding carboxylic acids is 1. The van der Waals surface area contributed by atoms with Crippen molar-refractivity contribution in [2.75, 3.05) is 0 Å². The van der Waals surface area contributed by atoms with Gasteiger partial charge in [-0.1, -0.05) is 0 Å². The molecule has 2 rings (SSSR count). The fraction of sp³-hybridized carbons (Fsp3) is 0.286. The molecule has 3 nitrogen and oxygen atoms in total. The molecule has 0 unspecified atom stereocenters. The van der Waals surface area contributed by atoms with Gasteiger partial charge in [-0.3, -0.25) is 8.72 Å². The molecule has 2 aliphatic rings. The molecule has 2 aliphatic heterocycles. The lowest BCUT2D eigenvalue weighted by molar-refractivity contribution is -0.119. The van der Waals surface area contributed by atoms with Crippen LogP contribution in [-0.2, 0) is 4.79 Å². The van der Waals surface area contributed by atoms with E-state index < -0.39 is 0 Å². The largest absolute Gasteiger partial charge is 0.311 e. The Kier molecular flexibility index (Phi) is 1.68. The molecular weight excluding hydrogens is 227 g/mol. The van der Waals surface area contributed by atoms with Crippen molar-refractivity contribution in [2.24, 2.45) is 0 Å². The number of nitrogens with one attached hydrogen (secondary N) is 1. The summed E-state index contributed by atoms with van der Waals surface area (Å²) < 4.78 is 14.2. The standard InChI is InChI=1S/C7H6BrFN2O/c8-11-3-5(9)1-4-2-6(12)10-7(4)11/h3H,1-2H2,(H,10,12). The smallest absolute Gasteiger partial charge is 0.229 e. The Bertz CT molecular complexity index is 311. The Hall–Kier alpha value is -0.840. The monoisotopic (exact) mass is 232 g/mol. The van der Waals surface area contributed by atoms with Crippen LogP contribution < -0.4 is 5.32 Å². The predicted octanol–water partition coefficient (Wildman–Crippen LogP) is 1.54. The summed E-state index contributed by atoms with van der Waals surface area (Å²) in [4.78, 5) is 10.9. The highest BCUT2D eigenvalue weighted by atomic mass is 79.9. The van der Waals surface area contributed by atoms with E-state index in [2.05, 4.69) is 21.5 Å². The first-order valence-corrected chi connectivity index (χ1v) is 4.21. The molecule has 0 aromatic carbocycles. The van der Waals surface area contributed by atoms with Crippen molar-refractivity contribution in [1.29, 1.82) is 0 Å². The van der Waals surface area contributed by atoms with E-state index in [0.29, 0.717) is 12.2 Å². The number of halogens is 2. The Morgan fingerprint density at radius 3 is 3.08 bits per heavy atom. The molecule has 0 radical (unpaired) electrons. The molecule has 0 atom stereocenters. The van der Waals surface area contributed by atoms with E-state index in [0.717, 1.165) is 5.57 Å². The van der Waals surface area contributed by atoms with Crippen LogP contribution in [0.25, 0.3) is 0 Å². The maximum atomic E-state index is 12.8. The lowest BCUT2D eigenvalue weighted by Crippen LogP contribution is -2.22. The van der Waals surface area contributed by atoms with Gasteiger partial charge in [0.05, 0.1) is 22.6 Å². The molecule has 2 heterocycles. The summed E-state index contributed by atoms with van der Waals surface area (Å²) >= 11 is 3.11. The molecule has 0 spiro atoms. The number of hydrogen-bond donors (Lipinski definition) is 1. The van der Waals surface area contributed by atoms with E-state index in [4.69, 9.17) is 0 Å². The van der Waals surface area contributed by atoms with Gasteiger partial charge in [0.1, 0.15) is 11.6 Å². The fourth-order valence-electron chi connectivity index (χ4n) is 1.33. The normalized spacial score (nSPS) is 22.3. The second-order valence-corrected chi connectivity index (χ2v) is 3.51. The van der Waals surface area contributed by atoms with Crippen LogP contribution in [0.3, 0.4) is 0 Å². The van der Waals surface area contributed by atoms with Gasteiger partial charge >= 0.3 is 0 Å². The van der Waals surface area contributed by atoms with Gasteiger partial charge in [-0.15, -0.1) is 0 Å². The van der Waals surface area contributed by atoms with Crippen LogP contribution in [0.4, 0.5) is 4.39 Å². The number of amides is 1. The van der Waals surface area contributed by atoms with Crippen LogP contribution in [0.2, 0.25) is 0 Å². The summed E-state index contributed by atoms with van der Waals surface area (Å²) in [6.07, 6.45) is 1.86. The quantitative estimate of drug-likeness (QED) is 0.643. The van der Waals surface area contributed by atoms with Crippen LogP contribution in [-0.4, -0.2) is 9.83 Å². The summed E-state index contributed by atoms with van der Waals surface area (Å²) in [5.74, 6) is 0.357. The molecule has 0 fully saturated rings. The minimum absolute atomic E-state index is 0.0763. The summed E-state index contributed by atoms with van der Waals surface area (Å²) in [5.41, 5.74) is 0.803. The second kappa shape index (κ2) is 2.58. The Labute approximate surface area is 77.3 Å². The van der Waals surface area contributed by atoms with E-state index in [1.54, 1.807) is 0 Å². The van der Waals surface area contributed by atoms with E-state index in [1.807, 2.05) is 0 Å². The number of allylic oxidation sites excluding steroid dienone is 1. The zero-order valence-corrected chi connectivity index (χ0v) is 7.69. The first-order chi connectivity index (χ1) is 5.66. The third-order valence-electron chi connectivity index (χ3n) is 1.82. The number of hydrogen-bond acceptors (Lipinski definition) is 2. The molecule has 0 saturated heterocycles. The van der Waals surface area contributed by atoms with Gasteiger partial charge < -0.3 is 5.32 Å². The van der Waals surface area contributed by atoms with Gasteiger partial charge in [0.25, 0.3) is 0 Å². The Balaban J connectivity index is 2.28. The fourth-order valence-corrected chi connectivity index (χ4v) is 1.89. The van der Waals surface area contributed by atoms with Crippen LogP contribution in [0.1, 0.15) is 12.8 Å². The third-order valence-corrected chi connectivity index (χ3v) is 2.38. The highest BCUT2D eigenvalue weighted by Gasteiger charge is 2.27. The zero-order valence-electron chi connectivity index (χ0n) is 6.10. The molecule has 12 heavy (non-hydrogen) atoms. The summed E-state index contributed by atoms with van der Waals surface area (Å²) in [7, 11) is 0. The lowest BCUT2D eigenvalue weighted by atomic mass is 10.1. The maximum Gasteiger partial charge on any atom is 0.229 e. The molecule has 0 aromatic heterocycles. The molecule has 64 valence electrons. The highest BCUT2D eigenvalue weighted by molar-refractivity contribution is 9.07. The van der Waals surface area contributed by atoms with Crippen molar-refractivity contribution in [2.45, 2.75) is 12.8 Å². The first-order valence-electron chi connectivity index (χ1n) is 3.50. The van der Waals surface area contributed by atoms with Crippen molar-refractivity contribution in [3.63, 3.8) is 0 Å². The Morgan fingerprint density at radius 2 is 2.33 bits per heavy atom. The van der Waals surface area contributed by atoms with Gasteiger partial charge in [0.2, 0.25) is 5.91 Å². The predicted molar refractivity (Wildman–Crippen MR) is 44.4 cm³/mol. The number of nitrogens with zero attached hydrogens (tertiary/aromatic N) is 1. The van der Waals surface area contributed by atoms with Gasteiger partial charge in [-0.25, -0.2) is 4.39 Å². The van der Waals surface area contributed by atoms with Crippen molar-refractivity contribution in [3.8, 4) is 0 Å². The molecule has 5 heteroatoms. The van der Waals surface area contributed by atoms with E-state index in [-0.39, 0.29) is 18.2 Å². The third kappa shape index (κ3) is 1.14. The molecule has 0 aliphatic carbocycles. The number of rotatable bonds is 0. The number of carbonyl (C=O) groups is 1. The lowest BCUT2D eigenvalue weighted by Gasteiger charge is -2.18. The minimum Gasteiger partial charge on any atom is -0.311 e. The second-order valence-electron chi connectivity index (χ2n) is 2.74. The Morgan fingerprint density at radius 1 is 1.58 bits per heavy atom. The average molecular weight is 233 g/mol. The average Bonchev–Trinajstić information content (AvgIpc) is 2.29. The van der Waals surface area contributed by atoms with Crippen molar-refractivity contribution < 1.29 is 9.18 Å². The maximum absolute atomic E-state index is 12.8. The SMILES string of the molecule is O=C1CC2=C(N1)N(Br)C=C(F)C2. The van der Waals surface area contributed by atoms with Crippen LogP contribution in [0.15, 0.2) is 23.4 Å². The minimum atomic E-state index is -0.234. The topological polar surface area (TPSA) is 32.3 Å². The van der Waals surface area contributed by atoms with Gasteiger partial charge in [-0.05, 0) is 5.57 Å². The van der Waals surface area contributed by atoms with Crippen molar-refractivity contribution in [3.05, 3.63) is 23.4 Å². The molecule has 0 bridgehead atoms. The molecule has 1 amide bonds. The molecule has 1 N–H and O–H groups in total. The van der Waals surface area contributed by atoms with Crippen molar-refractivity contribution in [1.82, 2.24) is 9.24 Å². The van der Waals surface area contributed by atoms with Gasteiger partial charge in [0, 0.05) is 12.6 Å². The molecular formula is C7H6BrFN2O. The van der Waals surface area contributed by atoms with Crippen LogP contribution in [0, 0.1) is 0 Å². The zero-order chi connectivity index (χ0) is 8.72. The highest BCUT2D eigenvalue weighted by Crippen LogP contribution is 2.31. The van der Waals surface area contributed by atoms with E-state index in [1.165, 1.54) is 10.1 Å². The van der Waals surface area contributed by atoms with Crippen molar-refractivity contribution >= 4 is 22.1 Å². The van der Waals surface area contributed by atoms with Crippen LogP contribution >= 0.6 is 16.1 Å². The van der Waals surface area contributed by atoms with Gasteiger partial charge in [-0.2, -0.15) is 0 Å². The summed E-state index contributed by atoms with van der Waals surface area (Å²) in [6, 6.07) is 0. The molecule has 0 saturated carbocycles. The summed E-state index contributed by atoms with van der Waals surface area (Å²) in [5, 5.41) is 2.63. The first kappa shape index (κ1) is 7.79. The van der Waals surface area contributed by atoms with E-state index in [9.17, 15) is 9.18 Å². The summed E-state index contributed by atoms with van der Waals surface area (Å²) in [6.45, 7) is 0.